The van der Waals surface area contributed by atoms with Gasteiger partial charge in [-0.05, 0) is 39.8 Å². The molecule has 0 bridgehead atoms. The van der Waals surface area contributed by atoms with Crippen LogP contribution in [0.1, 0.15) is 34.0 Å². The lowest BCUT2D eigenvalue weighted by molar-refractivity contribution is 0.0360. The normalized spacial score (nSPS) is 13.6. The molecular formula is C16H23N3O3S. The number of hydrogen-bond donors (Lipinski definition) is 3. The summed E-state index contributed by atoms with van der Waals surface area (Å²) in [7, 11) is 0. The average molecular weight is 337 g/mol. The highest BCUT2D eigenvalue weighted by atomic mass is 32.1. The quantitative estimate of drug-likeness (QED) is 0.755. The Labute approximate surface area is 139 Å². The van der Waals surface area contributed by atoms with E-state index in [1.54, 1.807) is 30.4 Å². The van der Waals surface area contributed by atoms with Gasteiger partial charge in [0.05, 0.1) is 17.2 Å². The number of carbonyl (C=O) groups excluding carboxylic acids is 1. The third kappa shape index (κ3) is 4.80. The van der Waals surface area contributed by atoms with E-state index < -0.39 is 5.60 Å². The lowest BCUT2D eigenvalue weighted by Gasteiger charge is -2.21. The van der Waals surface area contributed by atoms with Crippen molar-refractivity contribution in [3.05, 3.63) is 39.2 Å². The number of urea groups is 1. The number of thiazole rings is 1. The molecule has 0 aromatic carbocycles. The third-order valence-electron chi connectivity index (χ3n) is 3.56. The van der Waals surface area contributed by atoms with Crippen LogP contribution < -0.4 is 10.6 Å². The molecule has 0 aliphatic carbocycles. The first-order chi connectivity index (χ1) is 10.8. The van der Waals surface area contributed by atoms with Crippen LogP contribution in [0.25, 0.3) is 0 Å². The smallest absolute Gasteiger partial charge is 0.314 e. The third-order valence-corrected chi connectivity index (χ3v) is 4.69. The van der Waals surface area contributed by atoms with E-state index in [0.29, 0.717) is 18.7 Å². The number of amides is 2. The van der Waals surface area contributed by atoms with Crippen molar-refractivity contribution >= 4 is 17.4 Å². The molecular weight excluding hydrogens is 314 g/mol. The van der Waals surface area contributed by atoms with Gasteiger partial charge < -0.3 is 20.2 Å². The molecule has 0 spiro atoms. The molecule has 2 aromatic heterocycles. The van der Waals surface area contributed by atoms with E-state index in [1.807, 2.05) is 20.8 Å². The maximum Gasteiger partial charge on any atom is 0.314 e. The van der Waals surface area contributed by atoms with E-state index in [0.717, 1.165) is 16.5 Å². The van der Waals surface area contributed by atoms with E-state index in [9.17, 15) is 9.90 Å². The van der Waals surface area contributed by atoms with Crippen molar-refractivity contribution in [3.63, 3.8) is 0 Å². The highest BCUT2D eigenvalue weighted by molar-refractivity contribution is 7.11. The Bertz CT molecular complexity index is 656. The fourth-order valence-corrected chi connectivity index (χ4v) is 2.99. The SMILES string of the molecule is Cc1ccc(C(C)(O)CNC(=O)NCCc2nc(C)c(C)s2)o1. The molecule has 0 saturated heterocycles. The second-order valence-electron chi connectivity index (χ2n) is 5.79. The van der Waals surface area contributed by atoms with Gasteiger partial charge in [-0.1, -0.05) is 0 Å². The van der Waals surface area contributed by atoms with Gasteiger partial charge in [-0.25, -0.2) is 9.78 Å². The van der Waals surface area contributed by atoms with Gasteiger partial charge in [-0.15, -0.1) is 11.3 Å². The minimum absolute atomic E-state index is 0.0707. The van der Waals surface area contributed by atoms with Gasteiger partial charge in [0.1, 0.15) is 17.1 Å². The van der Waals surface area contributed by atoms with Crippen LogP contribution >= 0.6 is 11.3 Å². The van der Waals surface area contributed by atoms with Crippen LogP contribution in [0.15, 0.2) is 16.5 Å². The zero-order chi connectivity index (χ0) is 17.0. The predicted octanol–water partition coefficient (Wildman–Crippen LogP) is 2.41. The number of aliphatic hydroxyl groups is 1. The summed E-state index contributed by atoms with van der Waals surface area (Å²) in [6.45, 7) is 8.00. The minimum Gasteiger partial charge on any atom is -0.463 e. The highest BCUT2D eigenvalue weighted by Gasteiger charge is 2.27. The van der Waals surface area contributed by atoms with Gasteiger partial charge in [0.15, 0.2) is 0 Å². The second-order valence-corrected chi connectivity index (χ2v) is 7.08. The molecule has 2 aromatic rings. The van der Waals surface area contributed by atoms with Crippen LogP contribution in [0.2, 0.25) is 0 Å². The molecule has 0 aliphatic heterocycles. The van der Waals surface area contributed by atoms with Gasteiger partial charge in [-0.2, -0.15) is 0 Å². The summed E-state index contributed by atoms with van der Waals surface area (Å²) < 4.78 is 5.40. The number of nitrogens with zero attached hydrogens (tertiary/aromatic N) is 1. The molecule has 3 N–H and O–H groups in total. The van der Waals surface area contributed by atoms with Crippen molar-refractivity contribution in [1.29, 1.82) is 0 Å². The second kappa shape index (κ2) is 7.14. The molecule has 23 heavy (non-hydrogen) atoms. The van der Waals surface area contributed by atoms with Gasteiger partial charge in [0.25, 0.3) is 0 Å². The number of rotatable bonds is 6. The van der Waals surface area contributed by atoms with Crippen molar-refractivity contribution < 1.29 is 14.3 Å². The molecule has 0 radical (unpaired) electrons. The summed E-state index contributed by atoms with van der Waals surface area (Å²) >= 11 is 1.65. The van der Waals surface area contributed by atoms with Gasteiger partial charge in [-0.3, -0.25) is 0 Å². The maximum absolute atomic E-state index is 11.8. The lowest BCUT2D eigenvalue weighted by Crippen LogP contribution is -2.43. The number of nitrogens with one attached hydrogen (secondary N) is 2. The van der Waals surface area contributed by atoms with E-state index in [2.05, 4.69) is 15.6 Å². The number of carbonyl (C=O) groups is 1. The Hall–Kier alpha value is -1.86. The molecule has 7 heteroatoms. The molecule has 2 heterocycles. The Morgan fingerprint density at radius 2 is 2.09 bits per heavy atom. The Kier molecular flexibility index (Phi) is 5.43. The number of hydrogen-bond acceptors (Lipinski definition) is 5. The van der Waals surface area contributed by atoms with Crippen molar-refractivity contribution in [2.75, 3.05) is 13.1 Å². The van der Waals surface area contributed by atoms with Gasteiger partial charge >= 0.3 is 6.03 Å². The van der Waals surface area contributed by atoms with E-state index in [-0.39, 0.29) is 12.6 Å². The number of aryl methyl sites for hydroxylation is 3. The first-order valence-electron chi connectivity index (χ1n) is 7.52. The van der Waals surface area contributed by atoms with Crippen molar-refractivity contribution in [1.82, 2.24) is 15.6 Å². The molecule has 6 nitrogen and oxygen atoms in total. The van der Waals surface area contributed by atoms with Crippen molar-refractivity contribution in [3.8, 4) is 0 Å². The van der Waals surface area contributed by atoms with Crippen LogP contribution in [-0.4, -0.2) is 29.2 Å². The Morgan fingerprint density at radius 1 is 1.35 bits per heavy atom. The molecule has 0 aliphatic rings. The van der Waals surface area contributed by atoms with Gasteiger partial charge in [0.2, 0.25) is 0 Å². The average Bonchev–Trinajstić information content (AvgIpc) is 3.04. The zero-order valence-electron chi connectivity index (χ0n) is 13.9. The molecule has 1 atom stereocenters. The summed E-state index contributed by atoms with van der Waals surface area (Å²) in [4.78, 5) is 17.4. The fraction of sp³-hybridized carbons (Fsp3) is 0.500. The number of aromatic nitrogens is 1. The maximum atomic E-state index is 11.8. The molecule has 2 amide bonds. The van der Waals surface area contributed by atoms with E-state index >= 15 is 0 Å². The van der Waals surface area contributed by atoms with Crippen LogP contribution in [0, 0.1) is 20.8 Å². The van der Waals surface area contributed by atoms with E-state index in [1.165, 1.54) is 4.88 Å². The van der Waals surface area contributed by atoms with Gasteiger partial charge in [0, 0.05) is 17.8 Å². The summed E-state index contributed by atoms with van der Waals surface area (Å²) in [6.07, 6.45) is 0.695. The molecule has 2 rings (SSSR count). The van der Waals surface area contributed by atoms with Crippen LogP contribution in [-0.2, 0) is 12.0 Å². The largest absolute Gasteiger partial charge is 0.463 e. The molecule has 1 unspecified atom stereocenters. The Morgan fingerprint density at radius 3 is 2.65 bits per heavy atom. The minimum atomic E-state index is -1.24. The molecule has 0 fully saturated rings. The van der Waals surface area contributed by atoms with Crippen molar-refractivity contribution in [2.45, 2.75) is 39.7 Å². The van der Waals surface area contributed by atoms with Crippen LogP contribution in [0.4, 0.5) is 4.79 Å². The van der Waals surface area contributed by atoms with Crippen LogP contribution in [0.3, 0.4) is 0 Å². The summed E-state index contributed by atoms with van der Waals surface area (Å²) in [5.41, 5.74) is -0.200. The van der Waals surface area contributed by atoms with Crippen molar-refractivity contribution in [2.24, 2.45) is 0 Å². The zero-order valence-corrected chi connectivity index (χ0v) is 14.7. The monoisotopic (exact) mass is 337 g/mol. The highest BCUT2D eigenvalue weighted by Crippen LogP contribution is 2.21. The summed E-state index contributed by atoms with van der Waals surface area (Å²) in [5.74, 6) is 1.16. The number of furan rings is 1. The first-order valence-corrected chi connectivity index (χ1v) is 8.33. The summed E-state index contributed by atoms with van der Waals surface area (Å²) in [6, 6.07) is 3.17. The lowest BCUT2D eigenvalue weighted by atomic mass is 10.0. The Balaban J connectivity index is 1.74. The first kappa shape index (κ1) is 17.5. The topological polar surface area (TPSA) is 87.4 Å². The predicted molar refractivity (Wildman–Crippen MR) is 89.7 cm³/mol. The fourth-order valence-electron chi connectivity index (χ4n) is 2.06. The van der Waals surface area contributed by atoms with E-state index in [4.69, 9.17) is 4.42 Å². The standard InChI is InChI=1S/C16H23N3O3S/c1-10-5-6-13(22-10)16(4,21)9-18-15(20)17-8-7-14-19-11(2)12(3)23-14/h5-6,21H,7-9H2,1-4H3,(H2,17,18,20). The molecule has 126 valence electrons. The van der Waals surface area contributed by atoms with Crippen LogP contribution in [0.5, 0.6) is 0 Å². The summed E-state index contributed by atoms with van der Waals surface area (Å²) in [5, 5.41) is 16.8. The molecule has 0 saturated carbocycles.